The van der Waals surface area contributed by atoms with Gasteiger partial charge in [0.2, 0.25) is 0 Å². The standard InChI is InChI=1S/C15H12O4/c1-18-8-3-4-9-10(7-8)13-11(16)5-6-12(19-2)14(13)15(9)17/h3-7,16H,1-2H3. The van der Waals surface area contributed by atoms with Gasteiger partial charge in [0.25, 0.3) is 0 Å². The topological polar surface area (TPSA) is 55.8 Å². The molecule has 0 amide bonds. The number of ether oxygens (including phenoxy) is 2. The molecule has 0 spiro atoms. The molecule has 0 aromatic heterocycles. The lowest BCUT2D eigenvalue weighted by Gasteiger charge is -2.08. The van der Waals surface area contributed by atoms with Gasteiger partial charge in [-0.1, -0.05) is 0 Å². The Morgan fingerprint density at radius 1 is 0.947 bits per heavy atom. The van der Waals surface area contributed by atoms with Crippen LogP contribution in [0.25, 0.3) is 11.1 Å². The van der Waals surface area contributed by atoms with E-state index in [2.05, 4.69) is 0 Å². The van der Waals surface area contributed by atoms with Crippen molar-refractivity contribution in [3.05, 3.63) is 41.5 Å². The molecule has 0 heterocycles. The summed E-state index contributed by atoms with van der Waals surface area (Å²) in [6.45, 7) is 0. The summed E-state index contributed by atoms with van der Waals surface area (Å²) in [5.74, 6) is 1.03. The van der Waals surface area contributed by atoms with Crippen molar-refractivity contribution in [1.82, 2.24) is 0 Å². The molecule has 2 aromatic carbocycles. The smallest absolute Gasteiger partial charge is 0.198 e. The highest BCUT2D eigenvalue weighted by atomic mass is 16.5. The molecule has 0 bridgehead atoms. The molecule has 0 fully saturated rings. The monoisotopic (exact) mass is 256 g/mol. The van der Waals surface area contributed by atoms with Crippen LogP contribution < -0.4 is 9.47 Å². The van der Waals surface area contributed by atoms with Gasteiger partial charge in [-0.25, -0.2) is 0 Å². The van der Waals surface area contributed by atoms with E-state index in [0.29, 0.717) is 33.8 Å². The van der Waals surface area contributed by atoms with Crippen LogP contribution >= 0.6 is 0 Å². The van der Waals surface area contributed by atoms with E-state index in [9.17, 15) is 9.90 Å². The highest BCUT2D eigenvalue weighted by molar-refractivity contribution is 6.24. The molecule has 96 valence electrons. The van der Waals surface area contributed by atoms with Crippen LogP contribution in [0.1, 0.15) is 15.9 Å². The Hall–Kier alpha value is -2.49. The van der Waals surface area contributed by atoms with Crippen LogP contribution in [0.15, 0.2) is 30.3 Å². The van der Waals surface area contributed by atoms with Gasteiger partial charge < -0.3 is 14.6 Å². The summed E-state index contributed by atoms with van der Waals surface area (Å²) in [4.78, 5) is 12.4. The second-order valence-electron chi connectivity index (χ2n) is 4.28. The molecule has 0 saturated heterocycles. The number of hydrogen-bond donors (Lipinski definition) is 1. The van der Waals surface area contributed by atoms with Gasteiger partial charge in [0.15, 0.2) is 5.78 Å². The Kier molecular flexibility index (Phi) is 2.45. The molecule has 4 nitrogen and oxygen atoms in total. The summed E-state index contributed by atoms with van der Waals surface area (Å²) >= 11 is 0. The van der Waals surface area contributed by atoms with Gasteiger partial charge >= 0.3 is 0 Å². The average molecular weight is 256 g/mol. The van der Waals surface area contributed by atoms with Crippen molar-refractivity contribution in [2.45, 2.75) is 0 Å². The van der Waals surface area contributed by atoms with Crippen LogP contribution in [0, 0.1) is 0 Å². The Morgan fingerprint density at radius 3 is 2.42 bits per heavy atom. The molecule has 0 aliphatic heterocycles. The highest BCUT2D eigenvalue weighted by Crippen LogP contribution is 2.47. The number of hydrogen-bond acceptors (Lipinski definition) is 4. The van der Waals surface area contributed by atoms with E-state index in [1.54, 1.807) is 31.4 Å². The number of methoxy groups -OCH3 is 2. The van der Waals surface area contributed by atoms with Crippen LogP contribution in [0.2, 0.25) is 0 Å². The van der Waals surface area contributed by atoms with Crippen molar-refractivity contribution in [3.63, 3.8) is 0 Å². The quantitative estimate of drug-likeness (QED) is 0.765. The third-order valence-corrected chi connectivity index (χ3v) is 3.33. The fourth-order valence-corrected chi connectivity index (χ4v) is 2.43. The summed E-state index contributed by atoms with van der Waals surface area (Å²) in [7, 11) is 3.06. The molecule has 1 aliphatic carbocycles. The molecular weight excluding hydrogens is 244 g/mol. The molecule has 0 saturated carbocycles. The number of phenols is 1. The van der Waals surface area contributed by atoms with Crippen LogP contribution in [0.4, 0.5) is 0 Å². The van der Waals surface area contributed by atoms with E-state index >= 15 is 0 Å². The predicted molar refractivity (Wildman–Crippen MR) is 70.1 cm³/mol. The van der Waals surface area contributed by atoms with Crippen molar-refractivity contribution in [2.24, 2.45) is 0 Å². The second-order valence-corrected chi connectivity index (χ2v) is 4.28. The first-order valence-corrected chi connectivity index (χ1v) is 5.80. The van der Waals surface area contributed by atoms with Crippen LogP contribution in [-0.2, 0) is 0 Å². The fraction of sp³-hybridized carbons (Fsp3) is 0.133. The molecule has 0 radical (unpaired) electrons. The van der Waals surface area contributed by atoms with Crippen LogP contribution in [0.5, 0.6) is 17.2 Å². The maximum Gasteiger partial charge on any atom is 0.198 e. The number of benzene rings is 2. The minimum absolute atomic E-state index is 0.0659. The van der Waals surface area contributed by atoms with Gasteiger partial charge in [0.05, 0.1) is 19.8 Å². The Morgan fingerprint density at radius 2 is 1.74 bits per heavy atom. The third kappa shape index (κ3) is 1.50. The molecule has 1 N–H and O–H groups in total. The molecule has 19 heavy (non-hydrogen) atoms. The molecule has 2 aromatic rings. The maximum absolute atomic E-state index is 12.4. The van der Waals surface area contributed by atoms with Crippen molar-refractivity contribution >= 4 is 5.78 Å². The molecule has 3 rings (SSSR count). The Bertz CT molecular complexity index is 689. The van der Waals surface area contributed by atoms with Crippen molar-refractivity contribution in [2.75, 3.05) is 14.2 Å². The first-order chi connectivity index (χ1) is 9.17. The van der Waals surface area contributed by atoms with E-state index in [-0.39, 0.29) is 11.5 Å². The minimum Gasteiger partial charge on any atom is -0.507 e. The third-order valence-electron chi connectivity index (χ3n) is 3.33. The molecule has 0 atom stereocenters. The van der Waals surface area contributed by atoms with E-state index in [1.807, 2.05) is 0 Å². The lowest BCUT2D eigenvalue weighted by molar-refractivity contribution is 0.104. The number of aromatic hydroxyl groups is 1. The zero-order valence-electron chi connectivity index (χ0n) is 10.6. The Balaban J connectivity index is 2.35. The molecule has 4 heteroatoms. The SMILES string of the molecule is COc1ccc2c(c1)-c1c(O)ccc(OC)c1C2=O. The predicted octanol–water partition coefficient (Wildman–Crippen LogP) is 2.62. The zero-order valence-corrected chi connectivity index (χ0v) is 10.6. The number of ketones is 1. The zero-order chi connectivity index (χ0) is 13.6. The van der Waals surface area contributed by atoms with Crippen molar-refractivity contribution in [3.8, 4) is 28.4 Å². The number of carbonyl (C=O) groups excluding carboxylic acids is 1. The highest BCUT2D eigenvalue weighted by Gasteiger charge is 2.32. The maximum atomic E-state index is 12.4. The van der Waals surface area contributed by atoms with E-state index < -0.39 is 0 Å². The lowest BCUT2D eigenvalue weighted by Crippen LogP contribution is -1.98. The normalized spacial score (nSPS) is 12.0. The van der Waals surface area contributed by atoms with Gasteiger partial charge in [-0.2, -0.15) is 0 Å². The van der Waals surface area contributed by atoms with Crippen LogP contribution in [-0.4, -0.2) is 25.1 Å². The van der Waals surface area contributed by atoms with E-state index in [1.165, 1.54) is 13.2 Å². The van der Waals surface area contributed by atoms with E-state index in [4.69, 9.17) is 9.47 Å². The average Bonchev–Trinajstić information content (AvgIpc) is 2.74. The fourth-order valence-electron chi connectivity index (χ4n) is 2.43. The summed E-state index contributed by atoms with van der Waals surface area (Å²) < 4.78 is 10.4. The summed E-state index contributed by atoms with van der Waals surface area (Å²) in [5.41, 5.74) is 2.15. The van der Waals surface area contributed by atoms with Gasteiger partial charge in [-0.15, -0.1) is 0 Å². The number of carbonyl (C=O) groups is 1. The summed E-state index contributed by atoms with van der Waals surface area (Å²) in [6, 6.07) is 8.30. The van der Waals surface area contributed by atoms with E-state index in [0.717, 1.165) is 0 Å². The molecular formula is C15H12O4. The molecule has 0 unspecified atom stereocenters. The summed E-state index contributed by atoms with van der Waals surface area (Å²) in [5, 5.41) is 10.0. The van der Waals surface area contributed by atoms with Crippen molar-refractivity contribution in [1.29, 1.82) is 0 Å². The molecule has 1 aliphatic rings. The minimum atomic E-state index is -0.139. The number of fused-ring (bicyclic) bond motifs is 3. The first-order valence-electron chi connectivity index (χ1n) is 5.80. The van der Waals surface area contributed by atoms with Crippen LogP contribution in [0.3, 0.4) is 0 Å². The lowest BCUT2D eigenvalue weighted by atomic mass is 10.0. The second kappa shape index (κ2) is 4.02. The number of phenolic OH excluding ortho intramolecular Hbond substituents is 1. The van der Waals surface area contributed by atoms with Gasteiger partial charge in [0.1, 0.15) is 17.2 Å². The summed E-state index contributed by atoms with van der Waals surface area (Å²) in [6.07, 6.45) is 0. The van der Waals surface area contributed by atoms with Gasteiger partial charge in [-0.3, -0.25) is 4.79 Å². The van der Waals surface area contributed by atoms with Gasteiger partial charge in [0, 0.05) is 16.7 Å². The Labute approximate surface area is 110 Å². The largest absolute Gasteiger partial charge is 0.507 e. The van der Waals surface area contributed by atoms with Crippen molar-refractivity contribution < 1.29 is 19.4 Å². The van der Waals surface area contributed by atoms with Gasteiger partial charge in [-0.05, 0) is 30.3 Å². The first kappa shape index (κ1) is 11.6. The number of rotatable bonds is 2.